The normalized spacial score (nSPS) is 17.9. The molecule has 1 aliphatic rings. The number of carboxylic acids is 1. The number of likely N-dealkylation sites (tertiary alicyclic amines) is 1. The maximum atomic E-state index is 11.9. The molecule has 6 N–H and O–H groups in total. The largest absolute Gasteiger partial charge is 0.508 e. The fraction of sp³-hybridized carbons (Fsp3) is 0.556. The van der Waals surface area contributed by atoms with E-state index in [9.17, 15) is 28.2 Å². The molecule has 13 heteroatoms. The molecular weight excluding hydrogens is 468 g/mol. The number of aliphatic carboxylic acids is 1. The van der Waals surface area contributed by atoms with E-state index in [1.807, 2.05) is 6.92 Å². The van der Waals surface area contributed by atoms with Crippen molar-refractivity contribution >= 4 is 35.1 Å². The number of aliphatic hydroxyl groups excluding tert-OH is 2. The Labute approximate surface area is 186 Å². The van der Waals surface area contributed by atoms with Gasteiger partial charge >= 0.3 is 12.1 Å². The van der Waals surface area contributed by atoms with Crippen LogP contribution < -0.4 is 5.73 Å². The van der Waals surface area contributed by atoms with E-state index in [1.165, 1.54) is 11.0 Å². The fourth-order valence-corrected chi connectivity index (χ4v) is 3.34. The molecule has 1 aliphatic heterocycles. The Balaban J connectivity index is 0.000000592. The van der Waals surface area contributed by atoms with Gasteiger partial charge in [0.05, 0.1) is 16.7 Å². The topological polar surface area (TPSA) is 144 Å². The second-order valence-electron chi connectivity index (χ2n) is 7.28. The molecule has 0 aliphatic carbocycles. The molecule has 1 aromatic carbocycles. The van der Waals surface area contributed by atoms with Crippen LogP contribution in [0.2, 0.25) is 10.0 Å². The maximum absolute atomic E-state index is 11.9. The number of hydrogen-bond donors (Lipinski definition) is 5. The van der Waals surface area contributed by atoms with E-state index >= 15 is 0 Å². The molecule has 0 bridgehead atoms. The minimum absolute atomic E-state index is 0.00710. The van der Waals surface area contributed by atoms with E-state index in [-0.39, 0.29) is 16.2 Å². The molecule has 1 unspecified atom stereocenters. The van der Waals surface area contributed by atoms with Gasteiger partial charge in [0.15, 0.2) is 6.10 Å². The van der Waals surface area contributed by atoms with Gasteiger partial charge in [0, 0.05) is 30.8 Å². The number of carboxylic acid groups (broad SMARTS) is 1. The number of hydrogen-bond acceptors (Lipinski definition) is 6. The van der Waals surface area contributed by atoms with Gasteiger partial charge in [-0.3, -0.25) is 4.79 Å². The summed E-state index contributed by atoms with van der Waals surface area (Å²) in [5.41, 5.74) is 6.54. The predicted molar refractivity (Wildman–Crippen MR) is 106 cm³/mol. The first kappa shape index (κ1) is 27.2. The summed E-state index contributed by atoms with van der Waals surface area (Å²) in [6, 6.07) is 2.47. The number of carbonyl (C=O) groups is 2. The van der Waals surface area contributed by atoms with Crippen molar-refractivity contribution in [3.8, 4) is 5.75 Å². The Kier molecular flexibility index (Phi) is 9.39. The van der Waals surface area contributed by atoms with E-state index < -0.39 is 36.8 Å². The van der Waals surface area contributed by atoms with Crippen molar-refractivity contribution in [1.82, 2.24) is 4.90 Å². The van der Waals surface area contributed by atoms with Crippen molar-refractivity contribution in [1.29, 1.82) is 0 Å². The van der Waals surface area contributed by atoms with Crippen LogP contribution in [-0.4, -0.2) is 69.2 Å². The first-order chi connectivity index (χ1) is 14.1. The number of rotatable bonds is 4. The smallest absolute Gasteiger partial charge is 0.490 e. The third kappa shape index (κ3) is 7.11. The average molecular weight is 491 g/mol. The van der Waals surface area contributed by atoms with Crippen molar-refractivity contribution in [2.24, 2.45) is 11.1 Å². The highest BCUT2D eigenvalue weighted by atomic mass is 35.5. The summed E-state index contributed by atoms with van der Waals surface area (Å²) in [5.74, 6) is -3.25. The second kappa shape index (κ2) is 10.7. The number of benzene rings is 1. The van der Waals surface area contributed by atoms with Gasteiger partial charge < -0.3 is 31.1 Å². The van der Waals surface area contributed by atoms with Crippen LogP contribution in [0.25, 0.3) is 0 Å². The summed E-state index contributed by atoms with van der Waals surface area (Å²) in [7, 11) is 0. The molecule has 1 aromatic rings. The molecule has 1 amide bonds. The number of phenolic OH excluding ortho intramolecular Hbond substituents is 1. The predicted octanol–water partition coefficient (Wildman–Crippen LogP) is 2.31. The number of alkyl halides is 3. The number of aliphatic hydroxyl groups is 2. The van der Waals surface area contributed by atoms with Gasteiger partial charge in [0.25, 0.3) is 5.91 Å². The van der Waals surface area contributed by atoms with Crippen molar-refractivity contribution in [3.05, 3.63) is 27.7 Å². The maximum Gasteiger partial charge on any atom is 0.490 e. The molecule has 1 saturated heterocycles. The van der Waals surface area contributed by atoms with Crippen molar-refractivity contribution in [2.75, 3.05) is 19.7 Å². The zero-order chi connectivity index (χ0) is 24.1. The van der Waals surface area contributed by atoms with Crippen LogP contribution in [0.5, 0.6) is 5.75 Å². The lowest BCUT2D eigenvalue weighted by Crippen LogP contribution is -2.49. The number of nitrogens with zero attached hydrogens (tertiary/aromatic N) is 1. The monoisotopic (exact) mass is 490 g/mol. The Hall–Kier alpha value is -1.79. The molecular formula is C18H23Cl2F3N2O6. The van der Waals surface area contributed by atoms with Crippen LogP contribution in [0, 0.1) is 5.41 Å². The van der Waals surface area contributed by atoms with Crippen LogP contribution in [0.3, 0.4) is 0 Å². The van der Waals surface area contributed by atoms with Gasteiger partial charge in [0.2, 0.25) is 0 Å². The van der Waals surface area contributed by atoms with Gasteiger partial charge in [-0.25, -0.2) is 4.79 Å². The summed E-state index contributed by atoms with van der Waals surface area (Å²) >= 11 is 11.9. The molecule has 1 heterocycles. The van der Waals surface area contributed by atoms with Gasteiger partial charge in [-0.15, -0.1) is 0 Å². The van der Waals surface area contributed by atoms with Crippen molar-refractivity contribution < 1.29 is 43.2 Å². The summed E-state index contributed by atoms with van der Waals surface area (Å²) in [4.78, 5) is 22.3. The molecule has 8 nitrogen and oxygen atoms in total. The lowest BCUT2D eigenvalue weighted by molar-refractivity contribution is -0.192. The third-order valence-electron chi connectivity index (χ3n) is 5.07. The van der Waals surface area contributed by atoms with Crippen LogP contribution in [0.1, 0.15) is 31.4 Å². The minimum Gasteiger partial charge on any atom is -0.508 e. The number of phenols is 1. The highest BCUT2D eigenvalue weighted by Crippen LogP contribution is 2.45. The van der Waals surface area contributed by atoms with Crippen LogP contribution in [0.4, 0.5) is 13.2 Å². The van der Waals surface area contributed by atoms with Gasteiger partial charge in [-0.2, -0.15) is 13.2 Å². The third-order valence-corrected chi connectivity index (χ3v) is 5.80. The van der Waals surface area contributed by atoms with Crippen LogP contribution in [-0.2, 0) is 9.59 Å². The average Bonchev–Trinajstić information content (AvgIpc) is 2.69. The van der Waals surface area contributed by atoms with Gasteiger partial charge in [0.1, 0.15) is 5.75 Å². The van der Waals surface area contributed by atoms with Crippen LogP contribution >= 0.6 is 23.2 Å². The molecule has 0 radical (unpaired) electrons. The SMILES string of the molecule is CC1(C(N)c2cc(Cl)c(Cl)cc2O)CCN(C(=O)[C@H](O)CO)CC1.O=C(O)C(F)(F)F. The molecule has 0 saturated carbocycles. The molecule has 0 aromatic heterocycles. The Morgan fingerprint density at radius 2 is 1.68 bits per heavy atom. The Bertz CT molecular complexity index is 801. The van der Waals surface area contributed by atoms with E-state index in [4.69, 9.17) is 43.9 Å². The number of piperidine rings is 1. The molecule has 2 rings (SSSR count). The van der Waals surface area contributed by atoms with Gasteiger partial charge in [-0.05, 0) is 24.3 Å². The van der Waals surface area contributed by atoms with E-state index in [0.29, 0.717) is 36.5 Å². The number of halogens is 5. The highest BCUT2D eigenvalue weighted by Gasteiger charge is 2.39. The molecule has 2 atom stereocenters. The minimum atomic E-state index is -5.08. The highest BCUT2D eigenvalue weighted by molar-refractivity contribution is 6.42. The fourth-order valence-electron chi connectivity index (χ4n) is 3.01. The Morgan fingerprint density at radius 1 is 1.23 bits per heavy atom. The summed E-state index contributed by atoms with van der Waals surface area (Å²) in [5, 5.41) is 36.2. The Morgan fingerprint density at radius 3 is 2.10 bits per heavy atom. The molecule has 0 spiro atoms. The number of nitrogens with two attached hydrogens (primary N) is 1. The van der Waals surface area contributed by atoms with E-state index in [1.54, 1.807) is 6.07 Å². The first-order valence-corrected chi connectivity index (χ1v) is 9.71. The summed E-state index contributed by atoms with van der Waals surface area (Å²) < 4.78 is 31.7. The lowest BCUT2D eigenvalue weighted by atomic mass is 9.72. The quantitative estimate of drug-likeness (QED) is 0.435. The number of carbonyl (C=O) groups excluding carboxylic acids is 1. The zero-order valence-corrected chi connectivity index (χ0v) is 17.9. The summed E-state index contributed by atoms with van der Waals surface area (Å²) in [6.07, 6.45) is -5.28. The standard InChI is InChI=1S/C16H22Cl2N2O4.C2HF3O2/c1-16(2-4-20(5-3-16)15(24)13(23)8-21)14(19)9-6-10(17)11(18)7-12(9)22;3-2(4,5)1(6)7/h6-7,13-14,21-23H,2-5,8,19H2,1H3;(H,6,7)/t13-,14?;/m1./s1. The lowest BCUT2D eigenvalue weighted by Gasteiger charge is -2.43. The van der Waals surface area contributed by atoms with E-state index in [0.717, 1.165) is 0 Å². The molecule has 31 heavy (non-hydrogen) atoms. The van der Waals surface area contributed by atoms with Gasteiger partial charge in [-0.1, -0.05) is 30.1 Å². The first-order valence-electron chi connectivity index (χ1n) is 8.95. The van der Waals surface area contributed by atoms with Crippen molar-refractivity contribution in [3.63, 3.8) is 0 Å². The number of amides is 1. The summed E-state index contributed by atoms with van der Waals surface area (Å²) in [6.45, 7) is 2.23. The zero-order valence-electron chi connectivity index (χ0n) is 16.4. The van der Waals surface area contributed by atoms with E-state index in [2.05, 4.69) is 0 Å². The molecule has 176 valence electrons. The van der Waals surface area contributed by atoms with Crippen LogP contribution in [0.15, 0.2) is 12.1 Å². The second-order valence-corrected chi connectivity index (χ2v) is 8.10. The number of aromatic hydroxyl groups is 1. The van der Waals surface area contributed by atoms with Crippen molar-refractivity contribution in [2.45, 2.75) is 38.1 Å². The molecule has 1 fully saturated rings.